The minimum Gasteiger partial charge on any atom is -0.456 e. The Hall–Kier alpha value is -3.04. The zero-order valence-electron chi connectivity index (χ0n) is 18.5. The highest BCUT2D eigenvalue weighted by atomic mass is 28.3. The van der Waals surface area contributed by atoms with Gasteiger partial charge in [0, 0.05) is 21.7 Å². The number of fused-ring (bicyclic) bond motifs is 6. The van der Waals surface area contributed by atoms with E-state index in [1.165, 1.54) is 37.7 Å². The van der Waals surface area contributed by atoms with Gasteiger partial charge in [-0.05, 0) is 49.6 Å². The summed E-state index contributed by atoms with van der Waals surface area (Å²) in [6.45, 7) is 9.29. The first kappa shape index (κ1) is 18.7. The van der Waals surface area contributed by atoms with Crippen LogP contribution in [0.5, 0.6) is 0 Å². The van der Waals surface area contributed by atoms with Crippen molar-refractivity contribution in [1.82, 2.24) is 0 Å². The lowest BCUT2D eigenvalue weighted by molar-refractivity contribution is 0.584. The first-order chi connectivity index (χ1) is 14.9. The SMILES string of the molecule is Cc1ccc2oc3ccc([Si](C)(C)c4ccc5oc6c(c5c4)CC(C)C=C6)cc3c2c1. The lowest BCUT2D eigenvalue weighted by Crippen LogP contribution is -2.52. The van der Waals surface area contributed by atoms with Gasteiger partial charge in [-0.3, -0.25) is 0 Å². The van der Waals surface area contributed by atoms with E-state index in [9.17, 15) is 0 Å². The maximum absolute atomic E-state index is 6.14. The summed E-state index contributed by atoms with van der Waals surface area (Å²) in [5.74, 6) is 1.59. The maximum Gasteiger partial charge on any atom is 0.135 e. The molecular formula is C28H26O2Si. The Morgan fingerprint density at radius 1 is 0.774 bits per heavy atom. The van der Waals surface area contributed by atoms with Crippen LogP contribution in [0.4, 0.5) is 0 Å². The third-order valence-electron chi connectivity index (χ3n) is 6.99. The molecule has 1 unspecified atom stereocenters. The number of allylic oxidation sites excluding steroid dienone is 1. The highest BCUT2D eigenvalue weighted by molar-refractivity contribution is 7.00. The van der Waals surface area contributed by atoms with Crippen LogP contribution in [-0.2, 0) is 6.42 Å². The van der Waals surface area contributed by atoms with E-state index >= 15 is 0 Å². The minimum atomic E-state index is -1.90. The van der Waals surface area contributed by atoms with Gasteiger partial charge in [0.1, 0.15) is 30.6 Å². The predicted molar refractivity (Wildman–Crippen MR) is 133 cm³/mol. The molecule has 0 N–H and O–H groups in total. The van der Waals surface area contributed by atoms with Gasteiger partial charge in [-0.15, -0.1) is 0 Å². The third-order valence-corrected chi connectivity index (χ3v) is 10.5. The Kier molecular flexibility index (Phi) is 3.91. The van der Waals surface area contributed by atoms with Crippen LogP contribution in [0.1, 0.15) is 23.8 Å². The van der Waals surface area contributed by atoms with Gasteiger partial charge in [0.05, 0.1) is 0 Å². The first-order valence-electron chi connectivity index (χ1n) is 11.1. The van der Waals surface area contributed by atoms with E-state index in [0.717, 1.165) is 28.9 Å². The van der Waals surface area contributed by atoms with E-state index in [1.807, 2.05) is 0 Å². The topological polar surface area (TPSA) is 26.3 Å². The fourth-order valence-corrected chi connectivity index (χ4v) is 7.33. The van der Waals surface area contributed by atoms with Crippen LogP contribution in [0.3, 0.4) is 0 Å². The van der Waals surface area contributed by atoms with E-state index < -0.39 is 8.07 Å². The average molecular weight is 423 g/mol. The summed E-state index contributed by atoms with van der Waals surface area (Å²) in [5.41, 5.74) is 5.56. The largest absolute Gasteiger partial charge is 0.456 e. The molecule has 0 saturated carbocycles. The molecule has 0 amide bonds. The van der Waals surface area contributed by atoms with Gasteiger partial charge in [-0.2, -0.15) is 0 Å². The summed E-state index contributed by atoms with van der Waals surface area (Å²) in [6.07, 6.45) is 5.44. The molecule has 2 aromatic heterocycles. The van der Waals surface area contributed by atoms with Gasteiger partial charge in [-0.25, -0.2) is 0 Å². The Balaban J connectivity index is 1.51. The number of rotatable bonds is 2. The van der Waals surface area contributed by atoms with Gasteiger partial charge in [0.15, 0.2) is 0 Å². The average Bonchev–Trinajstić information content (AvgIpc) is 3.30. The number of hydrogen-bond acceptors (Lipinski definition) is 2. The van der Waals surface area contributed by atoms with E-state index in [1.54, 1.807) is 0 Å². The van der Waals surface area contributed by atoms with Crippen molar-refractivity contribution < 1.29 is 8.83 Å². The van der Waals surface area contributed by atoms with Crippen LogP contribution in [0, 0.1) is 12.8 Å². The van der Waals surface area contributed by atoms with Crippen molar-refractivity contribution >= 4 is 57.4 Å². The molecule has 0 saturated heterocycles. The minimum absolute atomic E-state index is 0.558. The van der Waals surface area contributed by atoms with Crippen LogP contribution in [0.15, 0.2) is 69.5 Å². The summed E-state index contributed by atoms with van der Waals surface area (Å²) in [4.78, 5) is 0. The van der Waals surface area contributed by atoms with E-state index in [4.69, 9.17) is 8.83 Å². The lowest BCUT2D eigenvalue weighted by Gasteiger charge is -2.24. The van der Waals surface area contributed by atoms with Crippen molar-refractivity contribution in [2.24, 2.45) is 5.92 Å². The molecule has 0 radical (unpaired) electrons. The van der Waals surface area contributed by atoms with E-state index in [-0.39, 0.29) is 0 Å². The van der Waals surface area contributed by atoms with Gasteiger partial charge in [0.25, 0.3) is 0 Å². The number of benzene rings is 3. The van der Waals surface area contributed by atoms with Gasteiger partial charge >= 0.3 is 0 Å². The number of aryl methyl sites for hydroxylation is 1. The second-order valence-electron chi connectivity index (χ2n) is 9.63. The standard InChI is InChI=1S/C28H26O2Si/c1-17-5-9-25-21(13-17)23-15-19(7-11-27(23)29-25)31(3,4)20-8-12-28-24(16-20)22-14-18(2)6-10-26(22)30-28/h5-13,15-16,18H,14H2,1-4H3. The summed E-state index contributed by atoms with van der Waals surface area (Å²) >= 11 is 0. The van der Waals surface area contributed by atoms with Gasteiger partial charge in [-0.1, -0.05) is 72.4 Å². The zero-order chi connectivity index (χ0) is 21.3. The fourth-order valence-electron chi connectivity index (χ4n) is 4.99. The molecule has 6 rings (SSSR count). The van der Waals surface area contributed by atoms with Gasteiger partial charge < -0.3 is 8.83 Å². The van der Waals surface area contributed by atoms with Crippen molar-refractivity contribution in [1.29, 1.82) is 0 Å². The van der Waals surface area contributed by atoms with Crippen LogP contribution in [-0.4, -0.2) is 8.07 Å². The molecule has 1 aliphatic carbocycles. The molecule has 5 aromatic rings. The number of furan rings is 2. The third kappa shape index (κ3) is 2.84. The monoisotopic (exact) mass is 422 g/mol. The Bertz CT molecular complexity index is 1510. The maximum atomic E-state index is 6.14. The summed E-state index contributed by atoms with van der Waals surface area (Å²) in [6, 6.07) is 20.1. The van der Waals surface area contributed by atoms with Crippen molar-refractivity contribution in [3.8, 4) is 0 Å². The van der Waals surface area contributed by atoms with Crippen molar-refractivity contribution in [3.05, 3.63) is 77.6 Å². The fraction of sp³-hybridized carbons (Fsp3) is 0.214. The molecule has 0 aliphatic heterocycles. The summed E-state index contributed by atoms with van der Waals surface area (Å²) < 4.78 is 12.2. The molecule has 31 heavy (non-hydrogen) atoms. The highest BCUT2D eigenvalue weighted by Crippen LogP contribution is 2.33. The first-order valence-corrected chi connectivity index (χ1v) is 14.1. The molecule has 0 spiro atoms. The lowest BCUT2D eigenvalue weighted by atomic mass is 9.93. The Morgan fingerprint density at radius 3 is 2.13 bits per heavy atom. The van der Waals surface area contributed by atoms with Crippen LogP contribution in [0.2, 0.25) is 13.1 Å². The van der Waals surface area contributed by atoms with Gasteiger partial charge in [0.2, 0.25) is 0 Å². The molecule has 3 heteroatoms. The van der Waals surface area contributed by atoms with E-state index in [0.29, 0.717) is 5.92 Å². The second kappa shape index (κ2) is 6.48. The quantitative estimate of drug-likeness (QED) is 0.297. The summed E-state index contributed by atoms with van der Waals surface area (Å²) in [5, 5.41) is 6.58. The summed E-state index contributed by atoms with van der Waals surface area (Å²) in [7, 11) is -1.90. The Morgan fingerprint density at radius 2 is 1.39 bits per heavy atom. The molecule has 0 bridgehead atoms. The molecule has 154 valence electrons. The van der Waals surface area contributed by atoms with Crippen LogP contribution < -0.4 is 10.4 Å². The van der Waals surface area contributed by atoms with Crippen molar-refractivity contribution in [3.63, 3.8) is 0 Å². The normalized spacial score (nSPS) is 16.5. The highest BCUT2D eigenvalue weighted by Gasteiger charge is 2.28. The molecule has 2 nitrogen and oxygen atoms in total. The van der Waals surface area contributed by atoms with Crippen molar-refractivity contribution in [2.75, 3.05) is 0 Å². The molecule has 0 fully saturated rings. The molecule has 1 aliphatic rings. The molecule has 2 heterocycles. The smallest absolute Gasteiger partial charge is 0.135 e. The molecule has 3 aromatic carbocycles. The predicted octanol–water partition coefficient (Wildman–Crippen LogP) is 6.67. The van der Waals surface area contributed by atoms with Crippen LogP contribution >= 0.6 is 0 Å². The zero-order valence-corrected chi connectivity index (χ0v) is 19.5. The molecular weight excluding hydrogens is 396 g/mol. The number of hydrogen-bond donors (Lipinski definition) is 0. The van der Waals surface area contributed by atoms with E-state index in [2.05, 4.69) is 93.7 Å². The molecule has 1 atom stereocenters. The van der Waals surface area contributed by atoms with Crippen LogP contribution in [0.25, 0.3) is 39.0 Å². The Labute approximate surface area is 183 Å². The van der Waals surface area contributed by atoms with Crippen molar-refractivity contribution in [2.45, 2.75) is 33.4 Å². The second-order valence-corrected chi connectivity index (χ2v) is 14.0.